The first-order chi connectivity index (χ1) is 15.9. The number of carbonyl (C=O) groups excluding carboxylic acids is 3. The molecular weight excluding hydrogens is 468 g/mol. The number of hydrogen-bond acceptors (Lipinski definition) is 8. The number of aromatic nitrogens is 3. The number of carboxylic acid groups (broad SMARTS) is 1. The molecule has 174 valence electrons. The van der Waals surface area contributed by atoms with Gasteiger partial charge in [0.25, 0.3) is 5.91 Å². The zero-order valence-corrected chi connectivity index (χ0v) is 19.4. The number of rotatable bonds is 7. The van der Waals surface area contributed by atoms with Gasteiger partial charge in [0.1, 0.15) is 23.4 Å². The van der Waals surface area contributed by atoms with E-state index >= 15 is 0 Å². The van der Waals surface area contributed by atoms with E-state index in [1.807, 2.05) is 0 Å². The average Bonchev–Trinajstić information content (AvgIpc) is 3.41. The summed E-state index contributed by atoms with van der Waals surface area (Å²) >= 11 is 2.62. The van der Waals surface area contributed by atoms with Gasteiger partial charge in [0.05, 0.1) is 5.75 Å². The zero-order chi connectivity index (χ0) is 23.3. The van der Waals surface area contributed by atoms with Crippen LogP contribution >= 0.6 is 23.5 Å². The van der Waals surface area contributed by atoms with E-state index in [1.54, 1.807) is 11.6 Å². The summed E-state index contributed by atoms with van der Waals surface area (Å²) in [7, 11) is 1.77. The van der Waals surface area contributed by atoms with Gasteiger partial charge in [-0.3, -0.25) is 19.3 Å². The Morgan fingerprint density at radius 3 is 2.76 bits per heavy atom. The SMILES string of the molecule is Cn1cnnc1SCC(=O)N[C@@H]1C(=O)N2C(C(=O)O)=C(C(=C3CCNC3=O)C3CC3)CS[C@H]12. The highest BCUT2D eigenvalue weighted by molar-refractivity contribution is 8.00. The van der Waals surface area contributed by atoms with Crippen LogP contribution in [0.15, 0.2) is 33.9 Å². The lowest BCUT2D eigenvalue weighted by atomic mass is 9.91. The third kappa shape index (κ3) is 3.92. The van der Waals surface area contributed by atoms with Gasteiger partial charge in [0, 0.05) is 24.9 Å². The van der Waals surface area contributed by atoms with Gasteiger partial charge in [0.2, 0.25) is 11.8 Å². The standard InChI is InChI=1S/C20H22N6O5S2/c1-25-8-22-24-20(25)33-7-12(27)23-14-17(29)26-15(19(30)31)11(6-32-18(14)26)13(9-2-3-9)10-4-5-21-16(10)28/h8-9,14,18H,2-7H2,1H3,(H,21,28)(H,23,27)(H,30,31)/t14-,18-/m1/s1. The Balaban J connectivity index is 1.35. The number of nitrogens with zero attached hydrogens (tertiary/aromatic N) is 4. The molecule has 0 bridgehead atoms. The van der Waals surface area contributed by atoms with E-state index in [4.69, 9.17) is 0 Å². The first-order valence-electron chi connectivity index (χ1n) is 10.6. The Bertz CT molecular complexity index is 1120. The molecule has 5 rings (SSSR count). The van der Waals surface area contributed by atoms with Crippen molar-refractivity contribution in [3.63, 3.8) is 0 Å². The molecule has 2 saturated heterocycles. The van der Waals surface area contributed by atoms with E-state index in [1.165, 1.54) is 34.8 Å². The molecule has 2 atom stereocenters. The number of thioether (sulfide) groups is 2. The van der Waals surface area contributed by atoms with Gasteiger partial charge in [-0.15, -0.1) is 22.0 Å². The van der Waals surface area contributed by atoms with Crippen molar-refractivity contribution < 1.29 is 24.3 Å². The predicted octanol–water partition coefficient (Wildman–Crippen LogP) is -0.128. The minimum absolute atomic E-state index is 0.0585. The molecule has 3 fully saturated rings. The Kier molecular flexibility index (Phi) is 5.69. The molecule has 1 saturated carbocycles. The van der Waals surface area contributed by atoms with E-state index in [9.17, 15) is 24.3 Å². The summed E-state index contributed by atoms with van der Waals surface area (Å²) < 4.78 is 1.69. The second-order valence-electron chi connectivity index (χ2n) is 8.27. The number of nitrogens with one attached hydrogen (secondary N) is 2. The van der Waals surface area contributed by atoms with Crippen LogP contribution in [-0.2, 0) is 26.2 Å². The van der Waals surface area contributed by atoms with Crippen LogP contribution in [0.4, 0.5) is 0 Å². The minimum atomic E-state index is -1.19. The molecule has 3 aliphatic heterocycles. The van der Waals surface area contributed by atoms with Gasteiger partial charge in [-0.2, -0.15) is 0 Å². The summed E-state index contributed by atoms with van der Waals surface area (Å²) in [5.41, 5.74) is 1.95. The molecule has 1 aromatic heterocycles. The highest BCUT2D eigenvalue weighted by atomic mass is 32.2. The summed E-state index contributed by atoms with van der Waals surface area (Å²) in [4.78, 5) is 51.2. The zero-order valence-electron chi connectivity index (χ0n) is 17.7. The van der Waals surface area contributed by atoms with Crippen LogP contribution in [0.3, 0.4) is 0 Å². The lowest BCUT2D eigenvalue weighted by Gasteiger charge is -2.49. The third-order valence-electron chi connectivity index (χ3n) is 6.06. The molecular formula is C20H22N6O5S2. The Morgan fingerprint density at radius 1 is 1.36 bits per heavy atom. The first kappa shape index (κ1) is 22.0. The quantitative estimate of drug-likeness (QED) is 0.270. The second-order valence-corrected chi connectivity index (χ2v) is 10.3. The molecule has 3 N–H and O–H groups in total. The van der Waals surface area contributed by atoms with Crippen LogP contribution < -0.4 is 10.6 Å². The Labute approximate surface area is 197 Å². The Hall–Kier alpha value is -2.80. The van der Waals surface area contributed by atoms with Crippen LogP contribution in [0.2, 0.25) is 0 Å². The number of fused-ring (bicyclic) bond motifs is 1. The first-order valence-corrected chi connectivity index (χ1v) is 12.6. The summed E-state index contributed by atoms with van der Waals surface area (Å²) in [5, 5.41) is 23.3. The van der Waals surface area contributed by atoms with E-state index in [-0.39, 0.29) is 29.2 Å². The fourth-order valence-electron chi connectivity index (χ4n) is 4.40. The topological polar surface area (TPSA) is 147 Å². The van der Waals surface area contributed by atoms with E-state index in [2.05, 4.69) is 20.8 Å². The fraction of sp³-hybridized carbons (Fsp3) is 0.500. The largest absolute Gasteiger partial charge is 0.477 e. The number of carbonyl (C=O) groups is 4. The smallest absolute Gasteiger partial charge is 0.352 e. The van der Waals surface area contributed by atoms with Crippen LogP contribution in [0.5, 0.6) is 0 Å². The van der Waals surface area contributed by atoms with Crippen molar-refractivity contribution >= 4 is 47.2 Å². The van der Waals surface area contributed by atoms with Crippen LogP contribution in [-0.4, -0.2) is 77.9 Å². The monoisotopic (exact) mass is 490 g/mol. The number of aryl methyl sites for hydroxylation is 1. The maximum atomic E-state index is 12.9. The van der Waals surface area contributed by atoms with Crippen molar-refractivity contribution in [1.82, 2.24) is 30.3 Å². The fourth-order valence-corrected chi connectivity index (χ4v) is 6.46. The summed E-state index contributed by atoms with van der Waals surface area (Å²) in [5.74, 6) is -1.53. The highest BCUT2D eigenvalue weighted by Crippen LogP contribution is 2.49. The molecule has 33 heavy (non-hydrogen) atoms. The summed E-state index contributed by atoms with van der Waals surface area (Å²) in [6.45, 7) is 0.541. The molecule has 13 heteroatoms. The molecule has 0 unspecified atom stereocenters. The van der Waals surface area contributed by atoms with E-state index in [0.717, 1.165) is 18.4 Å². The molecule has 0 spiro atoms. The van der Waals surface area contributed by atoms with Gasteiger partial charge in [-0.1, -0.05) is 11.8 Å². The maximum Gasteiger partial charge on any atom is 0.352 e. The third-order valence-corrected chi connectivity index (χ3v) is 8.37. The maximum absolute atomic E-state index is 12.9. The number of carboxylic acids is 1. The molecule has 0 aromatic carbocycles. The molecule has 1 aliphatic carbocycles. The lowest BCUT2D eigenvalue weighted by molar-refractivity contribution is -0.150. The van der Waals surface area contributed by atoms with Crippen molar-refractivity contribution in [1.29, 1.82) is 0 Å². The normalized spacial score (nSPS) is 26.0. The average molecular weight is 491 g/mol. The van der Waals surface area contributed by atoms with Crippen LogP contribution in [0, 0.1) is 5.92 Å². The van der Waals surface area contributed by atoms with Crippen molar-refractivity contribution in [2.75, 3.05) is 18.1 Å². The van der Waals surface area contributed by atoms with Crippen LogP contribution in [0.25, 0.3) is 0 Å². The summed E-state index contributed by atoms with van der Waals surface area (Å²) in [6, 6.07) is -0.787. The molecule has 4 heterocycles. The summed E-state index contributed by atoms with van der Waals surface area (Å²) in [6.07, 6.45) is 3.91. The van der Waals surface area contributed by atoms with Gasteiger partial charge in [-0.05, 0) is 36.3 Å². The predicted molar refractivity (Wildman–Crippen MR) is 119 cm³/mol. The van der Waals surface area contributed by atoms with Crippen molar-refractivity contribution in [2.24, 2.45) is 13.0 Å². The second kappa shape index (κ2) is 8.52. The van der Waals surface area contributed by atoms with E-state index in [0.29, 0.717) is 35.0 Å². The number of hydrogen-bond donors (Lipinski definition) is 3. The van der Waals surface area contributed by atoms with Gasteiger partial charge < -0.3 is 20.3 Å². The van der Waals surface area contributed by atoms with Crippen LogP contribution in [0.1, 0.15) is 19.3 Å². The molecule has 4 aliphatic rings. The Morgan fingerprint density at radius 2 is 2.15 bits per heavy atom. The lowest BCUT2D eigenvalue weighted by Crippen LogP contribution is -2.70. The van der Waals surface area contributed by atoms with Gasteiger partial charge in [0.15, 0.2) is 5.16 Å². The number of β-lactam (4-membered cyclic amide) rings is 1. The number of aliphatic carboxylic acids is 1. The van der Waals surface area contributed by atoms with Crippen molar-refractivity contribution in [3.05, 3.63) is 28.7 Å². The molecule has 0 radical (unpaired) electrons. The van der Waals surface area contributed by atoms with Crippen molar-refractivity contribution in [3.8, 4) is 0 Å². The minimum Gasteiger partial charge on any atom is -0.477 e. The molecule has 11 nitrogen and oxygen atoms in total. The molecule has 1 aromatic rings. The van der Waals surface area contributed by atoms with E-state index < -0.39 is 23.3 Å². The molecule has 3 amide bonds. The van der Waals surface area contributed by atoms with Crippen molar-refractivity contribution in [2.45, 2.75) is 35.8 Å². The number of amides is 3. The van der Waals surface area contributed by atoms with Gasteiger partial charge >= 0.3 is 5.97 Å². The highest BCUT2D eigenvalue weighted by Gasteiger charge is 2.55. The number of allylic oxidation sites excluding steroid dienone is 1. The van der Waals surface area contributed by atoms with Gasteiger partial charge in [-0.25, -0.2) is 4.79 Å².